The van der Waals surface area contributed by atoms with Crippen LogP contribution in [-0.2, 0) is 4.74 Å². The molecule has 0 radical (unpaired) electrons. The lowest BCUT2D eigenvalue weighted by Gasteiger charge is -2.19. The molecule has 0 saturated heterocycles. The molecule has 1 rings (SSSR count). The van der Waals surface area contributed by atoms with Crippen LogP contribution >= 0.6 is 0 Å². The Hall–Kier alpha value is -0.120. The van der Waals surface area contributed by atoms with Crippen LogP contribution < -0.4 is 5.32 Å². The third kappa shape index (κ3) is 4.94. The maximum atomic E-state index is 5.25. The summed E-state index contributed by atoms with van der Waals surface area (Å²) in [6.45, 7) is 10.4. The van der Waals surface area contributed by atoms with Crippen molar-refractivity contribution in [3.05, 3.63) is 0 Å². The van der Waals surface area contributed by atoms with Gasteiger partial charge < -0.3 is 10.1 Å². The summed E-state index contributed by atoms with van der Waals surface area (Å²) in [6.07, 6.45) is 2.82. The predicted octanol–water partition coefficient (Wildman–Crippen LogP) is 1.10. The van der Waals surface area contributed by atoms with Gasteiger partial charge >= 0.3 is 0 Å². The Labute approximate surface area is 87.8 Å². The first-order chi connectivity index (χ1) is 6.88. The number of likely N-dealkylation sites (N-methyl/N-ethyl adjacent to an activating group) is 1. The van der Waals surface area contributed by atoms with E-state index >= 15 is 0 Å². The highest BCUT2D eigenvalue weighted by molar-refractivity contribution is 4.83. The van der Waals surface area contributed by atoms with E-state index in [2.05, 4.69) is 17.1 Å². The number of nitrogens with zero attached hydrogens (tertiary/aromatic N) is 1. The van der Waals surface area contributed by atoms with Crippen molar-refractivity contribution in [3.63, 3.8) is 0 Å². The second kappa shape index (κ2) is 7.21. The van der Waals surface area contributed by atoms with Gasteiger partial charge in [0, 0.05) is 32.3 Å². The zero-order chi connectivity index (χ0) is 10.2. The van der Waals surface area contributed by atoms with Crippen LogP contribution in [0.4, 0.5) is 0 Å². The van der Waals surface area contributed by atoms with Gasteiger partial charge in [0.1, 0.15) is 0 Å². The lowest BCUT2D eigenvalue weighted by atomic mass is 10.4. The van der Waals surface area contributed by atoms with Gasteiger partial charge in [0.2, 0.25) is 0 Å². The molecule has 1 N–H and O–H groups in total. The average Bonchev–Trinajstić information content (AvgIpc) is 3.01. The summed E-state index contributed by atoms with van der Waals surface area (Å²) in [6, 6.07) is 0.897. The summed E-state index contributed by atoms with van der Waals surface area (Å²) in [5.41, 5.74) is 0. The van der Waals surface area contributed by atoms with Crippen LogP contribution in [0.2, 0.25) is 0 Å². The van der Waals surface area contributed by atoms with E-state index < -0.39 is 0 Å². The van der Waals surface area contributed by atoms with Gasteiger partial charge in [0.15, 0.2) is 0 Å². The Bertz CT molecular complexity index is 137. The molecule has 0 bridgehead atoms. The maximum Gasteiger partial charge on any atom is 0.0590 e. The summed E-state index contributed by atoms with van der Waals surface area (Å²) < 4.78 is 5.25. The Balaban J connectivity index is 1.86. The highest BCUT2D eigenvalue weighted by Crippen LogP contribution is 2.25. The summed E-state index contributed by atoms with van der Waals surface area (Å²) >= 11 is 0. The highest BCUT2D eigenvalue weighted by atomic mass is 16.5. The van der Waals surface area contributed by atoms with Crippen molar-refractivity contribution in [2.24, 2.45) is 0 Å². The molecular weight excluding hydrogens is 176 g/mol. The minimum atomic E-state index is 0.824. The van der Waals surface area contributed by atoms with E-state index in [0.717, 1.165) is 32.3 Å². The second-order valence-electron chi connectivity index (χ2n) is 3.81. The molecule has 0 heterocycles. The number of nitrogens with one attached hydrogen (secondary N) is 1. The summed E-state index contributed by atoms with van der Waals surface area (Å²) in [7, 11) is 0. The van der Waals surface area contributed by atoms with Gasteiger partial charge in [-0.15, -0.1) is 0 Å². The van der Waals surface area contributed by atoms with E-state index in [9.17, 15) is 0 Å². The molecule has 3 nitrogen and oxygen atoms in total. The average molecular weight is 200 g/mol. The zero-order valence-corrected chi connectivity index (χ0v) is 9.59. The maximum absolute atomic E-state index is 5.25. The molecule has 0 aromatic carbocycles. The van der Waals surface area contributed by atoms with Crippen molar-refractivity contribution in [2.75, 3.05) is 39.4 Å². The third-order valence-corrected chi connectivity index (χ3v) is 2.67. The van der Waals surface area contributed by atoms with E-state index in [1.54, 1.807) is 0 Å². The number of hydrogen-bond donors (Lipinski definition) is 1. The van der Waals surface area contributed by atoms with Gasteiger partial charge in [0.05, 0.1) is 6.61 Å². The Morgan fingerprint density at radius 1 is 1.29 bits per heavy atom. The van der Waals surface area contributed by atoms with Gasteiger partial charge in [-0.2, -0.15) is 0 Å². The minimum Gasteiger partial charge on any atom is -0.380 e. The SMILES string of the molecule is CCOCCNCCN(CC)C1CC1. The lowest BCUT2D eigenvalue weighted by Crippen LogP contribution is -2.34. The van der Waals surface area contributed by atoms with E-state index in [4.69, 9.17) is 4.74 Å². The topological polar surface area (TPSA) is 24.5 Å². The third-order valence-electron chi connectivity index (χ3n) is 2.67. The molecule has 0 aromatic rings. The van der Waals surface area contributed by atoms with Crippen LogP contribution in [0.15, 0.2) is 0 Å². The fourth-order valence-electron chi connectivity index (χ4n) is 1.67. The predicted molar refractivity (Wildman–Crippen MR) is 59.6 cm³/mol. The highest BCUT2D eigenvalue weighted by Gasteiger charge is 2.26. The molecule has 84 valence electrons. The van der Waals surface area contributed by atoms with Crippen molar-refractivity contribution in [3.8, 4) is 0 Å². The van der Waals surface area contributed by atoms with Crippen molar-refractivity contribution in [1.29, 1.82) is 0 Å². The van der Waals surface area contributed by atoms with Crippen LogP contribution in [0.25, 0.3) is 0 Å². The quantitative estimate of drug-likeness (QED) is 0.564. The lowest BCUT2D eigenvalue weighted by molar-refractivity contribution is 0.148. The first-order valence-corrected chi connectivity index (χ1v) is 5.91. The Kier molecular flexibility index (Phi) is 6.15. The molecule has 0 aliphatic heterocycles. The molecular formula is C11H24N2O. The summed E-state index contributed by atoms with van der Waals surface area (Å²) in [5.74, 6) is 0. The summed E-state index contributed by atoms with van der Waals surface area (Å²) in [5, 5.41) is 3.40. The standard InChI is InChI=1S/C11H24N2O/c1-3-13(11-5-6-11)9-7-12-8-10-14-4-2/h11-12H,3-10H2,1-2H3. The van der Waals surface area contributed by atoms with Crippen molar-refractivity contribution < 1.29 is 4.74 Å². The Morgan fingerprint density at radius 2 is 2.07 bits per heavy atom. The first kappa shape index (κ1) is 12.0. The largest absolute Gasteiger partial charge is 0.380 e. The molecule has 0 spiro atoms. The molecule has 14 heavy (non-hydrogen) atoms. The fourth-order valence-corrected chi connectivity index (χ4v) is 1.67. The molecule has 3 heteroatoms. The number of hydrogen-bond acceptors (Lipinski definition) is 3. The molecule has 0 atom stereocenters. The van der Waals surface area contributed by atoms with E-state index in [-0.39, 0.29) is 0 Å². The van der Waals surface area contributed by atoms with Crippen LogP contribution in [0.5, 0.6) is 0 Å². The number of rotatable bonds is 9. The van der Waals surface area contributed by atoms with Crippen LogP contribution in [-0.4, -0.2) is 50.3 Å². The van der Waals surface area contributed by atoms with Gasteiger partial charge in [-0.05, 0) is 26.3 Å². The number of ether oxygens (including phenoxy) is 1. The molecule has 1 saturated carbocycles. The molecule has 1 fully saturated rings. The fraction of sp³-hybridized carbons (Fsp3) is 1.00. The van der Waals surface area contributed by atoms with E-state index in [0.29, 0.717) is 0 Å². The second-order valence-corrected chi connectivity index (χ2v) is 3.81. The first-order valence-electron chi connectivity index (χ1n) is 5.91. The van der Waals surface area contributed by atoms with E-state index in [1.807, 2.05) is 6.92 Å². The molecule has 1 aliphatic carbocycles. The molecule has 0 unspecified atom stereocenters. The van der Waals surface area contributed by atoms with Gasteiger partial charge in [0.25, 0.3) is 0 Å². The van der Waals surface area contributed by atoms with Crippen molar-refractivity contribution >= 4 is 0 Å². The molecule has 0 amide bonds. The van der Waals surface area contributed by atoms with Gasteiger partial charge in [-0.1, -0.05) is 6.92 Å². The van der Waals surface area contributed by atoms with Crippen LogP contribution in [0.1, 0.15) is 26.7 Å². The van der Waals surface area contributed by atoms with Crippen molar-refractivity contribution in [2.45, 2.75) is 32.7 Å². The molecule has 1 aliphatic rings. The minimum absolute atomic E-state index is 0.824. The van der Waals surface area contributed by atoms with E-state index in [1.165, 1.54) is 25.9 Å². The van der Waals surface area contributed by atoms with Crippen LogP contribution in [0.3, 0.4) is 0 Å². The normalized spacial score (nSPS) is 16.5. The molecule has 0 aromatic heterocycles. The smallest absolute Gasteiger partial charge is 0.0590 e. The summed E-state index contributed by atoms with van der Waals surface area (Å²) in [4.78, 5) is 2.56. The van der Waals surface area contributed by atoms with Gasteiger partial charge in [-0.3, -0.25) is 4.90 Å². The van der Waals surface area contributed by atoms with Crippen LogP contribution in [0, 0.1) is 0 Å². The van der Waals surface area contributed by atoms with Gasteiger partial charge in [-0.25, -0.2) is 0 Å². The Morgan fingerprint density at radius 3 is 2.64 bits per heavy atom. The monoisotopic (exact) mass is 200 g/mol. The van der Waals surface area contributed by atoms with Crippen molar-refractivity contribution in [1.82, 2.24) is 10.2 Å². The zero-order valence-electron chi connectivity index (χ0n) is 9.59.